The minimum atomic E-state index is -4.70. The molecule has 4 rings (SSSR count). The molecule has 0 bridgehead atoms. The Morgan fingerprint density at radius 3 is 2.40 bits per heavy atom. The molecule has 1 amide bonds. The number of alkyl halides is 3. The van der Waals surface area contributed by atoms with Crippen LogP contribution in [0.2, 0.25) is 0 Å². The van der Waals surface area contributed by atoms with Crippen molar-refractivity contribution in [2.24, 2.45) is 0 Å². The van der Waals surface area contributed by atoms with Crippen LogP contribution in [0.15, 0.2) is 71.8 Å². The van der Waals surface area contributed by atoms with Gasteiger partial charge >= 0.3 is 6.18 Å². The highest BCUT2D eigenvalue weighted by atomic mass is 19.4. The van der Waals surface area contributed by atoms with Crippen LogP contribution in [0, 0.1) is 0 Å². The van der Waals surface area contributed by atoms with Gasteiger partial charge in [0.25, 0.3) is 11.5 Å². The fourth-order valence-electron chi connectivity index (χ4n) is 3.38. The summed E-state index contributed by atoms with van der Waals surface area (Å²) in [6.45, 7) is 0. The molecular formula is C24H19F3N4O4. The number of para-hydroxylation sites is 1. The number of H-pyrrole nitrogens is 1. The van der Waals surface area contributed by atoms with Crippen molar-refractivity contribution in [1.29, 1.82) is 0 Å². The van der Waals surface area contributed by atoms with E-state index < -0.39 is 28.9 Å². The number of halogens is 3. The second-order valence-electron chi connectivity index (χ2n) is 7.32. The first-order valence-corrected chi connectivity index (χ1v) is 10.2. The number of carbonyl (C=O) groups is 1. The Morgan fingerprint density at radius 2 is 1.74 bits per heavy atom. The number of anilines is 1. The molecular weight excluding hydrogens is 465 g/mol. The van der Waals surface area contributed by atoms with Crippen LogP contribution in [0.5, 0.6) is 11.5 Å². The molecule has 0 radical (unpaired) electrons. The van der Waals surface area contributed by atoms with E-state index in [1.807, 2.05) is 11.1 Å². The van der Waals surface area contributed by atoms with Gasteiger partial charge in [0.2, 0.25) is 0 Å². The predicted molar refractivity (Wildman–Crippen MR) is 122 cm³/mol. The SMILES string of the molecule is COc1ccc(-c2nn(-c3ccccc3)cc2C(=O)Nc2cc(C(F)(F)F)c[nH]c2=O)cc1OC. The maximum atomic E-state index is 13.2. The van der Waals surface area contributed by atoms with Crippen molar-refractivity contribution in [3.05, 3.63) is 88.5 Å². The van der Waals surface area contributed by atoms with Crippen molar-refractivity contribution >= 4 is 11.6 Å². The lowest BCUT2D eigenvalue weighted by molar-refractivity contribution is -0.137. The zero-order valence-electron chi connectivity index (χ0n) is 18.5. The molecule has 2 heterocycles. The molecule has 0 aliphatic carbocycles. The van der Waals surface area contributed by atoms with Crippen molar-refractivity contribution < 1.29 is 27.4 Å². The number of nitrogens with one attached hydrogen (secondary N) is 2. The van der Waals surface area contributed by atoms with E-state index in [4.69, 9.17) is 9.47 Å². The summed E-state index contributed by atoms with van der Waals surface area (Å²) >= 11 is 0. The van der Waals surface area contributed by atoms with Crippen molar-refractivity contribution in [2.75, 3.05) is 19.5 Å². The quantitative estimate of drug-likeness (QED) is 0.420. The van der Waals surface area contributed by atoms with Crippen molar-refractivity contribution in [2.45, 2.75) is 6.18 Å². The smallest absolute Gasteiger partial charge is 0.417 e. The van der Waals surface area contributed by atoms with Gasteiger partial charge in [-0.25, -0.2) is 4.68 Å². The summed E-state index contributed by atoms with van der Waals surface area (Å²) in [5.41, 5.74) is -1.16. The highest BCUT2D eigenvalue weighted by Gasteiger charge is 2.32. The van der Waals surface area contributed by atoms with E-state index in [1.165, 1.54) is 25.1 Å². The highest BCUT2D eigenvalue weighted by Crippen LogP contribution is 2.34. The lowest BCUT2D eigenvalue weighted by Crippen LogP contribution is -2.21. The maximum absolute atomic E-state index is 13.2. The van der Waals surface area contributed by atoms with E-state index in [-0.39, 0.29) is 11.3 Å². The third-order valence-electron chi connectivity index (χ3n) is 5.12. The molecule has 8 nitrogen and oxygen atoms in total. The van der Waals surface area contributed by atoms with E-state index in [2.05, 4.69) is 10.4 Å². The van der Waals surface area contributed by atoms with Crippen LogP contribution in [0.1, 0.15) is 15.9 Å². The van der Waals surface area contributed by atoms with Gasteiger partial charge < -0.3 is 19.8 Å². The molecule has 0 unspecified atom stereocenters. The summed E-state index contributed by atoms with van der Waals surface area (Å²) in [5, 5.41) is 6.79. The molecule has 0 fully saturated rings. The fourth-order valence-corrected chi connectivity index (χ4v) is 3.38. The van der Waals surface area contributed by atoms with Gasteiger partial charge in [0, 0.05) is 18.0 Å². The average Bonchev–Trinajstić information content (AvgIpc) is 3.30. The number of hydrogen-bond acceptors (Lipinski definition) is 5. The van der Waals surface area contributed by atoms with E-state index in [0.29, 0.717) is 35.0 Å². The van der Waals surface area contributed by atoms with Gasteiger partial charge in [-0.15, -0.1) is 0 Å². The van der Waals surface area contributed by atoms with Gasteiger partial charge in [-0.3, -0.25) is 9.59 Å². The Bertz CT molecular complexity index is 1430. The topological polar surface area (TPSA) is 98.2 Å². The molecule has 0 saturated carbocycles. The lowest BCUT2D eigenvalue weighted by Gasteiger charge is -2.10. The van der Waals surface area contributed by atoms with Gasteiger partial charge in [0.05, 0.1) is 31.0 Å². The first-order chi connectivity index (χ1) is 16.7. The minimum Gasteiger partial charge on any atom is -0.493 e. The van der Waals surface area contributed by atoms with E-state index >= 15 is 0 Å². The number of rotatable bonds is 6. The van der Waals surface area contributed by atoms with Crippen LogP contribution in [0.4, 0.5) is 18.9 Å². The fraction of sp³-hybridized carbons (Fsp3) is 0.125. The molecule has 0 aliphatic rings. The van der Waals surface area contributed by atoms with Crippen LogP contribution in [-0.2, 0) is 6.18 Å². The summed E-state index contributed by atoms with van der Waals surface area (Å²) in [7, 11) is 2.94. The molecule has 4 aromatic rings. The van der Waals surface area contributed by atoms with E-state index in [1.54, 1.807) is 42.5 Å². The summed E-state index contributed by atoms with van der Waals surface area (Å²) in [6.07, 6.45) is -2.73. The monoisotopic (exact) mass is 484 g/mol. The number of hydrogen-bond donors (Lipinski definition) is 2. The molecule has 0 atom stereocenters. The predicted octanol–water partition coefficient (Wildman–Crippen LogP) is 4.52. The average molecular weight is 484 g/mol. The summed E-state index contributed by atoms with van der Waals surface area (Å²) < 4.78 is 51.3. The third-order valence-corrected chi connectivity index (χ3v) is 5.12. The largest absolute Gasteiger partial charge is 0.493 e. The first-order valence-electron chi connectivity index (χ1n) is 10.2. The van der Waals surface area contributed by atoms with Gasteiger partial charge in [-0.2, -0.15) is 18.3 Å². The lowest BCUT2D eigenvalue weighted by atomic mass is 10.1. The number of pyridine rings is 1. The van der Waals surface area contributed by atoms with Gasteiger partial charge in [-0.1, -0.05) is 18.2 Å². The molecule has 0 aliphatic heterocycles. The molecule has 11 heteroatoms. The van der Waals surface area contributed by atoms with Crippen molar-refractivity contribution in [1.82, 2.24) is 14.8 Å². The molecule has 2 aromatic carbocycles. The van der Waals surface area contributed by atoms with Crippen LogP contribution in [-0.4, -0.2) is 34.9 Å². The molecule has 2 N–H and O–H groups in total. The highest BCUT2D eigenvalue weighted by molar-refractivity contribution is 6.08. The van der Waals surface area contributed by atoms with Crippen LogP contribution in [0.3, 0.4) is 0 Å². The maximum Gasteiger partial charge on any atom is 0.417 e. The zero-order valence-corrected chi connectivity index (χ0v) is 18.5. The van der Waals surface area contributed by atoms with Crippen molar-refractivity contribution in [3.8, 4) is 28.4 Å². The number of aromatic amines is 1. The number of nitrogens with zero attached hydrogens (tertiary/aromatic N) is 2. The van der Waals surface area contributed by atoms with Crippen LogP contribution >= 0.6 is 0 Å². The Balaban J connectivity index is 1.80. The van der Waals surface area contributed by atoms with Gasteiger partial charge in [0.1, 0.15) is 11.4 Å². The number of ether oxygens (including phenoxy) is 2. The first kappa shape index (κ1) is 23.6. The normalized spacial score (nSPS) is 11.2. The number of methoxy groups -OCH3 is 2. The Kier molecular flexibility index (Phi) is 6.32. The molecule has 2 aromatic heterocycles. The van der Waals surface area contributed by atoms with E-state index in [9.17, 15) is 22.8 Å². The third kappa shape index (κ3) is 4.88. The number of benzene rings is 2. The summed E-state index contributed by atoms with van der Waals surface area (Å²) in [5.74, 6) is 0.0296. The number of carbonyl (C=O) groups excluding carboxylic acids is 1. The minimum absolute atomic E-state index is 0.0258. The standard InChI is InChI=1S/C24H19F3N4O4/c1-34-19-9-8-14(10-20(19)35-2)21-17(13-31(30-21)16-6-4-3-5-7-16)22(32)29-18-11-15(24(25,26)27)12-28-23(18)33/h3-13H,1-2H3,(H,28,33)(H,29,32). The summed E-state index contributed by atoms with van der Waals surface area (Å²) in [4.78, 5) is 27.3. The van der Waals surface area contributed by atoms with Crippen LogP contribution in [0.25, 0.3) is 16.9 Å². The Labute approximate surface area is 196 Å². The molecule has 180 valence electrons. The molecule has 0 saturated heterocycles. The Hall–Kier alpha value is -4.54. The van der Waals surface area contributed by atoms with E-state index in [0.717, 1.165) is 0 Å². The van der Waals surface area contributed by atoms with Crippen LogP contribution < -0.4 is 20.3 Å². The second-order valence-corrected chi connectivity index (χ2v) is 7.32. The van der Waals surface area contributed by atoms with Gasteiger partial charge in [-0.05, 0) is 36.4 Å². The zero-order chi connectivity index (χ0) is 25.2. The van der Waals surface area contributed by atoms with Crippen molar-refractivity contribution in [3.63, 3.8) is 0 Å². The van der Waals surface area contributed by atoms with Gasteiger partial charge in [0.15, 0.2) is 11.5 Å². The number of aromatic nitrogens is 3. The Morgan fingerprint density at radius 1 is 1.03 bits per heavy atom. The summed E-state index contributed by atoms with van der Waals surface area (Å²) in [6, 6.07) is 14.4. The second kappa shape index (κ2) is 9.37. The number of amides is 1. The molecule has 35 heavy (non-hydrogen) atoms. The molecule has 0 spiro atoms.